The summed E-state index contributed by atoms with van der Waals surface area (Å²) in [6.45, 7) is 6.65. The van der Waals surface area contributed by atoms with Crippen LogP contribution in [-0.2, 0) is 6.54 Å². The van der Waals surface area contributed by atoms with E-state index in [-0.39, 0.29) is 0 Å². The van der Waals surface area contributed by atoms with Crippen molar-refractivity contribution in [3.05, 3.63) is 35.4 Å². The summed E-state index contributed by atoms with van der Waals surface area (Å²) in [6, 6.07) is 8.61. The van der Waals surface area contributed by atoms with Gasteiger partial charge in [-0.3, -0.25) is 0 Å². The first kappa shape index (κ1) is 14.5. The van der Waals surface area contributed by atoms with Crippen molar-refractivity contribution in [3.63, 3.8) is 0 Å². The summed E-state index contributed by atoms with van der Waals surface area (Å²) in [5, 5.41) is 0. The largest absolute Gasteiger partial charge is 0.302 e. The molecule has 1 rings (SSSR count). The first-order valence-corrected chi connectivity index (χ1v) is 6.96. The molecule has 0 radical (unpaired) electrons. The quantitative estimate of drug-likeness (QED) is 0.662. The molecule has 1 atom stereocenters. The monoisotopic (exact) mass is 253 g/mol. The molecule has 0 aromatic heterocycles. The zero-order valence-corrected chi connectivity index (χ0v) is 12.0. The van der Waals surface area contributed by atoms with Gasteiger partial charge in [0, 0.05) is 12.4 Å². The van der Waals surface area contributed by atoms with Gasteiger partial charge in [-0.2, -0.15) is 0 Å². The maximum atomic E-state index is 5.75. The highest BCUT2D eigenvalue weighted by molar-refractivity contribution is 6.17. The first-order valence-electron chi connectivity index (χ1n) is 6.42. The normalized spacial score (nSPS) is 13.0. The van der Waals surface area contributed by atoms with E-state index in [2.05, 4.69) is 50.1 Å². The topological polar surface area (TPSA) is 3.24 Å². The minimum Gasteiger partial charge on any atom is -0.302 e. The number of nitrogens with zero attached hydrogens (tertiary/aromatic N) is 1. The lowest BCUT2D eigenvalue weighted by molar-refractivity contribution is 0.296. The number of benzene rings is 1. The summed E-state index contributed by atoms with van der Waals surface area (Å²) in [5.74, 6) is 1.51. The van der Waals surface area contributed by atoms with E-state index in [4.69, 9.17) is 11.6 Å². The highest BCUT2D eigenvalue weighted by Gasteiger charge is 2.06. The van der Waals surface area contributed by atoms with Crippen molar-refractivity contribution in [2.75, 3.05) is 19.5 Å². The molecule has 0 saturated carbocycles. The van der Waals surface area contributed by atoms with Crippen LogP contribution in [0.1, 0.15) is 30.9 Å². The second-order valence-corrected chi connectivity index (χ2v) is 5.41. The number of rotatable bonds is 7. The van der Waals surface area contributed by atoms with Gasteiger partial charge in [0.25, 0.3) is 0 Å². The van der Waals surface area contributed by atoms with Gasteiger partial charge in [-0.05, 0) is 50.4 Å². The Labute approximate surface area is 111 Å². The molecule has 0 spiro atoms. The van der Waals surface area contributed by atoms with Crippen molar-refractivity contribution < 1.29 is 0 Å². The number of hydrogen-bond acceptors (Lipinski definition) is 1. The van der Waals surface area contributed by atoms with E-state index in [1.807, 2.05) is 0 Å². The van der Waals surface area contributed by atoms with E-state index in [1.165, 1.54) is 17.5 Å². The fraction of sp³-hybridized carbons (Fsp3) is 0.600. The maximum absolute atomic E-state index is 5.75. The van der Waals surface area contributed by atoms with Gasteiger partial charge in [0.05, 0.1) is 0 Å². The fourth-order valence-corrected chi connectivity index (χ4v) is 2.30. The second kappa shape index (κ2) is 7.73. The summed E-state index contributed by atoms with van der Waals surface area (Å²) >= 11 is 5.75. The Morgan fingerprint density at radius 3 is 2.59 bits per heavy atom. The summed E-state index contributed by atoms with van der Waals surface area (Å²) in [5.41, 5.74) is 2.81. The average Bonchev–Trinajstić information content (AvgIpc) is 2.30. The SMILES string of the molecule is Cc1ccccc1CN(C)CCC(C)CCCl. The van der Waals surface area contributed by atoms with Gasteiger partial charge in [0.1, 0.15) is 0 Å². The van der Waals surface area contributed by atoms with Gasteiger partial charge < -0.3 is 4.90 Å². The van der Waals surface area contributed by atoms with Crippen LogP contribution in [0.25, 0.3) is 0 Å². The van der Waals surface area contributed by atoms with Crippen molar-refractivity contribution in [1.29, 1.82) is 0 Å². The number of aryl methyl sites for hydroxylation is 1. The highest BCUT2D eigenvalue weighted by atomic mass is 35.5. The van der Waals surface area contributed by atoms with Gasteiger partial charge in [0.2, 0.25) is 0 Å². The Kier molecular flexibility index (Phi) is 6.61. The predicted molar refractivity (Wildman–Crippen MR) is 76.6 cm³/mol. The van der Waals surface area contributed by atoms with E-state index in [9.17, 15) is 0 Å². The zero-order valence-electron chi connectivity index (χ0n) is 11.2. The lowest BCUT2D eigenvalue weighted by atomic mass is 10.0. The van der Waals surface area contributed by atoms with Crippen LogP contribution in [0.5, 0.6) is 0 Å². The lowest BCUT2D eigenvalue weighted by Crippen LogP contribution is -2.21. The molecule has 0 heterocycles. The molecule has 0 aliphatic rings. The summed E-state index contributed by atoms with van der Waals surface area (Å²) in [7, 11) is 2.19. The molecule has 0 bridgehead atoms. The van der Waals surface area contributed by atoms with Crippen molar-refractivity contribution >= 4 is 11.6 Å². The summed E-state index contributed by atoms with van der Waals surface area (Å²) in [4.78, 5) is 2.40. The van der Waals surface area contributed by atoms with Crippen LogP contribution >= 0.6 is 11.6 Å². The van der Waals surface area contributed by atoms with E-state index < -0.39 is 0 Å². The third kappa shape index (κ3) is 5.56. The van der Waals surface area contributed by atoms with Crippen LogP contribution in [0.3, 0.4) is 0 Å². The maximum Gasteiger partial charge on any atom is 0.0233 e. The van der Waals surface area contributed by atoms with Crippen LogP contribution in [-0.4, -0.2) is 24.4 Å². The van der Waals surface area contributed by atoms with Crippen LogP contribution in [0, 0.1) is 12.8 Å². The molecule has 0 aliphatic heterocycles. The molecular weight excluding hydrogens is 230 g/mol. The molecule has 2 heteroatoms. The van der Waals surface area contributed by atoms with Gasteiger partial charge >= 0.3 is 0 Å². The van der Waals surface area contributed by atoms with Gasteiger partial charge in [-0.25, -0.2) is 0 Å². The third-order valence-corrected chi connectivity index (χ3v) is 3.53. The van der Waals surface area contributed by atoms with E-state index in [0.29, 0.717) is 0 Å². The van der Waals surface area contributed by atoms with Crippen molar-refractivity contribution in [3.8, 4) is 0 Å². The Hall–Kier alpha value is -0.530. The third-order valence-electron chi connectivity index (χ3n) is 3.31. The van der Waals surface area contributed by atoms with E-state index in [1.54, 1.807) is 0 Å². The van der Waals surface area contributed by atoms with Gasteiger partial charge in [-0.1, -0.05) is 31.2 Å². The first-order chi connectivity index (χ1) is 8.13. The Morgan fingerprint density at radius 1 is 1.24 bits per heavy atom. The van der Waals surface area contributed by atoms with E-state index in [0.717, 1.165) is 31.3 Å². The number of halogens is 1. The molecule has 1 aromatic rings. The second-order valence-electron chi connectivity index (χ2n) is 5.04. The van der Waals surface area contributed by atoms with Gasteiger partial charge in [-0.15, -0.1) is 11.6 Å². The molecule has 0 amide bonds. The Bertz CT molecular complexity index is 324. The molecule has 1 nitrogen and oxygen atoms in total. The molecule has 0 fully saturated rings. The molecular formula is C15H24ClN. The standard InChI is InChI=1S/C15H24ClN/c1-13(8-10-16)9-11-17(3)12-15-7-5-4-6-14(15)2/h4-7,13H,8-12H2,1-3H3. The van der Waals surface area contributed by atoms with E-state index >= 15 is 0 Å². The molecule has 1 unspecified atom stereocenters. The average molecular weight is 254 g/mol. The smallest absolute Gasteiger partial charge is 0.0233 e. The van der Waals surface area contributed by atoms with Crippen LogP contribution in [0.2, 0.25) is 0 Å². The highest BCUT2D eigenvalue weighted by Crippen LogP contribution is 2.12. The molecule has 17 heavy (non-hydrogen) atoms. The number of hydrogen-bond donors (Lipinski definition) is 0. The van der Waals surface area contributed by atoms with Crippen LogP contribution < -0.4 is 0 Å². The minimum atomic E-state index is 0.729. The Balaban J connectivity index is 2.34. The number of alkyl halides is 1. The van der Waals surface area contributed by atoms with Crippen LogP contribution in [0.15, 0.2) is 24.3 Å². The fourth-order valence-electron chi connectivity index (χ4n) is 1.93. The van der Waals surface area contributed by atoms with Crippen LogP contribution in [0.4, 0.5) is 0 Å². The molecule has 96 valence electrons. The molecule has 1 aromatic carbocycles. The Morgan fingerprint density at radius 2 is 1.94 bits per heavy atom. The minimum absolute atomic E-state index is 0.729. The van der Waals surface area contributed by atoms with Crippen molar-refractivity contribution in [2.24, 2.45) is 5.92 Å². The predicted octanol–water partition coefficient (Wildman–Crippen LogP) is 4.08. The van der Waals surface area contributed by atoms with Crippen molar-refractivity contribution in [2.45, 2.75) is 33.2 Å². The molecule has 0 aliphatic carbocycles. The molecule has 0 saturated heterocycles. The summed E-state index contributed by atoms with van der Waals surface area (Å²) < 4.78 is 0. The van der Waals surface area contributed by atoms with Crippen molar-refractivity contribution in [1.82, 2.24) is 4.90 Å². The lowest BCUT2D eigenvalue weighted by Gasteiger charge is -2.20. The molecule has 0 N–H and O–H groups in total. The zero-order chi connectivity index (χ0) is 12.7. The van der Waals surface area contributed by atoms with Gasteiger partial charge in [0.15, 0.2) is 0 Å². The summed E-state index contributed by atoms with van der Waals surface area (Å²) in [6.07, 6.45) is 2.36.